The second kappa shape index (κ2) is 7.29. The molecule has 0 spiro atoms. The number of rotatable bonds is 0. The van der Waals surface area contributed by atoms with Crippen molar-refractivity contribution in [1.29, 1.82) is 0 Å². The van der Waals surface area contributed by atoms with Crippen LogP contribution in [0.4, 0.5) is 0 Å². The van der Waals surface area contributed by atoms with Gasteiger partial charge in [0, 0.05) is 0 Å². The van der Waals surface area contributed by atoms with Crippen molar-refractivity contribution in [3.8, 4) is 0 Å². The molecular weight excluding hydrogens is 342 g/mol. The predicted octanol–water partition coefficient (Wildman–Crippen LogP) is -1.89. The molecule has 0 aliphatic carbocycles. The topological polar surface area (TPSA) is 0 Å². The molecule has 0 amide bonds. The molecule has 0 aromatic heterocycles. The fraction of sp³-hybridized carbons (Fsp3) is 0.0667. The van der Waals surface area contributed by atoms with Crippen molar-refractivity contribution < 1.29 is 51.0 Å². The van der Waals surface area contributed by atoms with E-state index in [1.54, 1.807) is 0 Å². The van der Waals surface area contributed by atoms with Gasteiger partial charge in [-0.15, -0.1) is 34.5 Å². The van der Waals surface area contributed by atoms with E-state index in [9.17, 15) is 0 Å². The van der Waals surface area contributed by atoms with Crippen molar-refractivity contribution in [1.82, 2.24) is 0 Å². The van der Waals surface area contributed by atoms with Crippen LogP contribution in [0.2, 0.25) is 0 Å². The van der Waals surface area contributed by atoms with Crippen molar-refractivity contribution in [2.75, 3.05) is 0 Å². The van der Waals surface area contributed by atoms with E-state index in [4.69, 9.17) is 0 Å². The third kappa shape index (κ3) is 3.15. The van der Waals surface area contributed by atoms with Gasteiger partial charge in [0.25, 0.3) is 0 Å². The van der Waals surface area contributed by atoms with Gasteiger partial charge in [-0.1, -0.05) is 54.1 Å². The largest absolute Gasteiger partial charge is 3.00 e. The number of halogens is 2. The first kappa shape index (κ1) is 17.6. The summed E-state index contributed by atoms with van der Waals surface area (Å²) in [5.41, 5.74) is 1.19. The minimum absolute atomic E-state index is 0. The molecule has 0 saturated heterocycles. The number of hydrogen-bond donors (Lipinski definition) is 0. The summed E-state index contributed by atoms with van der Waals surface area (Å²) in [5, 5.41) is 5.07. The number of benzene rings is 3. The minimum Gasteiger partial charge on any atom is -1.00 e. The quantitative estimate of drug-likeness (QED) is 0.328. The monoisotopic (exact) mass is 351 g/mol. The summed E-state index contributed by atoms with van der Waals surface area (Å²) in [5.74, 6) is 0. The fourth-order valence-electron chi connectivity index (χ4n) is 2.02. The zero-order valence-corrected chi connectivity index (χ0v) is 13.8. The van der Waals surface area contributed by atoms with E-state index in [1.807, 2.05) is 0 Å². The Morgan fingerprint density at radius 3 is 2.17 bits per heavy atom. The zero-order valence-electron chi connectivity index (χ0n) is 9.87. The van der Waals surface area contributed by atoms with Crippen LogP contribution in [-0.4, -0.2) is 0 Å². The van der Waals surface area contributed by atoms with Crippen LogP contribution in [0.3, 0.4) is 0 Å². The van der Waals surface area contributed by atoms with Crippen LogP contribution >= 0.6 is 0 Å². The molecule has 3 aromatic carbocycles. The van der Waals surface area contributed by atoms with Crippen molar-refractivity contribution in [2.45, 2.75) is 6.92 Å². The van der Waals surface area contributed by atoms with E-state index < -0.39 is 0 Å². The summed E-state index contributed by atoms with van der Waals surface area (Å²) >= 11 is 0. The van der Waals surface area contributed by atoms with Crippen LogP contribution in [0.5, 0.6) is 0 Å². The van der Waals surface area contributed by atoms with Gasteiger partial charge in [-0.25, -0.2) is 0 Å². The fourth-order valence-corrected chi connectivity index (χ4v) is 2.02. The molecule has 0 bridgehead atoms. The van der Waals surface area contributed by atoms with Gasteiger partial charge in [0.05, 0.1) is 0 Å². The van der Waals surface area contributed by atoms with Gasteiger partial charge in [0.2, 0.25) is 0 Å². The zero-order chi connectivity index (χ0) is 10.3. The second-order valence-electron chi connectivity index (χ2n) is 3.89. The van der Waals surface area contributed by atoms with E-state index in [0.717, 1.165) is 0 Å². The Kier molecular flexibility index (Phi) is 7.14. The van der Waals surface area contributed by atoms with Gasteiger partial charge in [-0.05, 0) is 0 Å². The van der Waals surface area contributed by atoms with Gasteiger partial charge < -0.3 is 24.8 Å². The van der Waals surface area contributed by atoms with Gasteiger partial charge in [-0.3, -0.25) is 0 Å². The normalized spacial score (nSPS) is 9.17. The third-order valence-corrected chi connectivity index (χ3v) is 2.80. The van der Waals surface area contributed by atoms with Crippen LogP contribution in [0.1, 0.15) is 5.56 Å². The average Bonchev–Trinajstić information content (AvgIpc) is 2.29. The summed E-state index contributed by atoms with van der Waals surface area (Å²) in [6, 6.07) is 20.5. The number of hydrogen-bond acceptors (Lipinski definition) is 0. The summed E-state index contributed by atoms with van der Waals surface area (Å²) in [4.78, 5) is 0. The maximum atomic E-state index is 3.43. The molecule has 89 valence electrons. The molecule has 0 fully saturated rings. The molecule has 3 rings (SSSR count). The van der Waals surface area contributed by atoms with Crippen molar-refractivity contribution >= 4 is 21.5 Å². The molecule has 0 nitrogen and oxygen atoms in total. The van der Waals surface area contributed by atoms with E-state index in [1.165, 1.54) is 27.1 Å². The summed E-state index contributed by atoms with van der Waals surface area (Å²) < 4.78 is 0. The molecule has 3 aromatic rings. The van der Waals surface area contributed by atoms with Crippen molar-refractivity contribution in [2.24, 2.45) is 0 Å². The van der Waals surface area contributed by atoms with Crippen LogP contribution in [-0.2, 0) is 26.2 Å². The Bertz CT molecular complexity index is 650. The van der Waals surface area contributed by atoms with E-state index in [0.29, 0.717) is 0 Å². The molecule has 0 heterocycles. The third-order valence-electron chi connectivity index (χ3n) is 2.80. The van der Waals surface area contributed by atoms with Crippen LogP contribution in [0, 0.1) is 13.0 Å². The van der Waals surface area contributed by atoms with Gasteiger partial charge in [0.15, 0.2) is 0 Å². The summed E-state index contributed by atoms with van der Waals surface area (Å²) in [6.45, 7) is 2.08. The first-order chi connectivity index (χ1) is 7.34. The molecule has 1 radical (unpaired) electrons. The predicted molar refractivity (Wildman–Crippen MR) is 65.0 cm³/mol. The first-order valence-electron chi connectivity index (χ1n) is 5.15. The molecule has 18 heavy (non-hydrogen) atoms. The standard InChI is InChI=1S/C15H11.2ClH.Zr/c1-11-6-7-13-9-8-12-4-2-3-5-14(12)15(13)10-11;;;/h2-9H,1H3;2*1H;/q-1;;;+3/p-2. The van der Waals surface area contributed by atoms with Gasteiger partial charge in [-0.2, -0.15) is 0 Å². The van der Waals surface area contributed by atoms with Gasteiger partial charge in [0.1, 0.15) is 0 Å². The molecule has 0 unspecified atom stereocenters. The van der Waals surface area contributed by atoms with E-state index in [-0.39, 0.29) is 51.0 Å². The molecule has 0 aliphatic heterocycles. The average molecular weight is 353 g/mol. The first-order valence-corrected chi connectivity index (χ1v) is 5.15. The Morgan fingerprint density at radius 1 is 0.778 bits per heavy atom. The smallest absolute Gasteiger partial charge is 1.00 e. The maximum Gasteiger partial charge on any atom is 3.00 e. The minimum atomic E-state index is 0. The molecule has 3 heteroatoms. The van der Waals surface area contributed by atoms with Crippen LogP contribution < -0.4 is 24.8 Å². The number of aryl methyl sites for hydroxylation is 1. The Morgan fingerprint density at radius 2 is 1.39 bits per heavy atom. The molecule has 0 atom stereocenters. The van der Waals surface area contributed by atoms with E-state index in [2.05, 4.69) is 61.5 Å². The summed E-state index contributed by atoms with van der Waals surface area (Å²) in [6.07, 6.45) is 0. The van der Waals surface area contributed by atoms with Crippen LogP contribution in [0.25, 0.3) is 21.5 Å². The van der Waals surface area contributed by atoms with E-state index >= 15 is 0 Å². The Hall–Kier alpha value is -0.357. The molecule has 0 saturated carbocycles. The molecule has 0 N–H and O–H groups in total. The SMILES string of the molecule is Cc1[c-]c2c(cc1)ccc1ccccc12.[Cl-].[Cl-].[Zr+3]. The van der Waals surface area contributed by atoms with Crippen LogP contribution in [0.15, 0.2) is 48.5 Å². The van der Waals surface area contributed by atoms with Gasteiger partial charge >= 0.3 is 26.2 Å². The Balaban J connectivity index is 0.000000963. The maximum absolute atomic E-state index is 3.43. The van der Waals surface area contributed by atoms with Crippen molar-refractivity contribution in [3.05, 3.63) is 60.2 Å². The Labute approximate surface area is 139 Å². The molecule has 0 aliphatic rings. The summed E-state index contributed by atoms with van der Waals surface area (Å²) in [7, 11) is 0. The second-order valence-corrected chi connectivity index (χ2v) is 3.89. The molecular formula is C15H11Cl2Zr. The number of fused-ring (bicyclic) bond motifs is 3. The van der Waals surface area contributed by atoms with Crippen molar-refractivity contribution in [3.63, 3.8) is 0 Å².